The molecule has 120 valence electrons. The summed E-state index contributed by atoms with van der Waals surface area (Å²) in [5.41, 5.74) is 2.07. The van der Waals surface area contributed by atoms with E-state index in [0.29, 0.717) is 13.2 Å². The molecule has 1 aliphatic carbocycles. The van der Waals surface area contributed by atoms with Crippen molar-refractivity contribution in [1.82, 2.24) is 5.32 Å². The summed E-state index contributed by atoms with van der Waals surface area (Å²) in [5.74, 6) is -0.459. The summed E-state index contributed by atoms with van der Waals surface area (Å²) in [6.45, 7) is 3.42. The number of carbonyl (C=O) groups is 1. The Balaban J connectivity index is 1.52. The van der Waals surface area contributed by atoms with Crippen molar-refractivity contribution >= 4 is 11.7 Å². The van der Waals surface area contributed by atoms with Gasteiger partial charge in [-0.3, -0.25) is 0 Å². The minimum Gasteiger partial charge on any atom is -0.347 e. The molecule has 2 amide bonds. The molecule has 1 spiro atoms. The van der Waals surface area contributed by atoms with Crippen LogP contribution in [0.1, 0.15) is 38.2 Å². The highest BCUT2D eigenvalue weighted by Crippen LogP contribution is 2.35. The molecule has 0 radical (unpaired) electrons. The molecule has 0 aromatic heterocycles. The molecule has 0 bridgehead atoms. The number of hydrogen-bond donors (Lipinski definition) is 2. The molecule has 1 saturated heterocycles. The lowest BCUT2D eigenvalue weighted by Gasteiger charge is -2.36. The fourth-order valence-electron chi connectivity index (χ4n) is 3.26. The zero-order valence-corrected chi connectivity index (χ0v) is 13.1. The van der Waals surface area contributed by atoms with E-state index in [4.69, 9.17) is 9.47 Å². The van der Waals surface area contributed by atoms with Crippen molar-refractivity contribution in [2.45, 2.75) is 50.9 Å². The zero-order chi connectivity index (χ0) is 15.4. The second kappa shape index (κ2) is 6.67. The number of rotatable bonds is 3. The third-order valence-electron chi connectivity index (χ3n) is 4.44. The van der Waals surface area contributed by atoms with Crippen molar-refractivity contribution in [3.63, 3.8) is 0 Å². The summed E-state index contributed by atoms with van der Waals surface area (Å²) < 4.78 is 11.5. The van der Waals surface area contributed by atoms with Crippen LogP contribution >= 0.6 is 0 Å². The summed E-state index contributed by atoms with van der Waals surface area (Å²) in [6, 6.07) is 7.87. The number of anilines is 1. The first-order valence-electron chi connectivity index (χ1n) is 8.13. The first-order valence-corrected chi connectivity index (χ1v) is 8.13. The maximum Gasteiger partial charge on any atom is 0.319 e. The number of urea groups is 1. The maximum atomic E-state index is 12.1. The van der Waals surface area contributed by atoms with Crippen LogP contribution in [-0.2, 0) is 15.9 Å². The minimum absolute atomic E-state index is 0.0989. The number of aryl methyl sites for hydroxylation is 1. The van der Waals surface area contributed by atoms with Crippen molar-refractivity contribution in [3.05, 3.63) is 29.8 Å². The van der Waals surface area contributed by atoms with Crippen molar-refractivity contribution < 1.29 is 14.3 Å². The Labute approximate surface area is 131 Å². The van der Waals surface area contributed by atoms with E-state index in [9.17, 15) is 4.79 Å². The predicted octanol–water partition coefficient (Wildman–Crippen LogP) is 3.06. The second-order valence-corrected chi connectivity index (χ2v) is 6.05. The fourth-order valence-corrected chi connectivity index (χ4v) is 3.26. The molecule has 5 heteroatoms. The normalized spacial score (nSPS) is 23.4. The van der Waals surface area contributed by atoms with E-state index in [1.807, 2.05) is 24.3 Å². The van der Waals surface area contributed by atoms with Gasteiger partial charge in [0.05, 0.1) is 13.2 Å². The van der Waals surface area contributed by atoms with Gasteiger partial charge in [-0.15, -0.1) is 0 Å². The lowest BCUT2D eigenvalue weighted by atomic mass is 9.90. The van der Waals surface area contributed by atoms with Gasteiger partial charge >= 0.3 is 6.03 Å². The van der Waals surface area contributed by atoms with Crippen LogP contribution in [0.5, 0.6) is 0 Å². The van der Waals surface area contributed by atoms with Gasteiger partial charge in [0.1, 0.15) is 0 Å². The van der Waals surface area contributed by atoms with Crippen molar-refractivity contribution in [2.75, 3.05) is 18.5 Å². The first kappa shape index (κ1) is 15.3. The first-order chi connectivity index (χ1) is 10.7. The van der Waals surface area contributed by atoms with Gasteiger partial charge < -0.3 is 20.1 Å². The Hall–Kier alpha value is -1.59. The number of ether oxygens (including phenoxy) is 2. The van der Waals surface area contributed by atoms with E-state index in [0.717, 1.165) is 37.8 Å². The summed E-state index contributed by atoms with van der Waals surface area (Å²) in [6.07, 6.45) is 4.63. The fraction of sp³-hybridized carbons (Fsp3) is 0.588. The number of carbonyl (C=O) groups excluding carboxylic acids is 1. The highest BCUT2D eigenvalue weighted by atomic mass is 16.7. The van der Waals surface area contributed by atoms with E-state index < -0.39 is 5.79 Å². The molecule has 2 N–H and O–H groups in total. The zero-order valence-electron chi connectivity index (χ0n) is 13.1. The molecular formula is C17H24N2O3. The van der Waals surface area contributed by atoms with E-state index in [1.54, 1.807) is 0 Å². The summed E-state index contributed by atoms with van der Waals surface area (Å²) >= 11 is 0. The van der Waals surface area contributed by atoms with Gasteiger partial charge in [-0.1, -0.05) is 19.1 Å². The maximum absolute atomic E-state index is 12.1. The summed E-state index contributed by atoms with van der Waals surface area (Å²) in [7, 11) is 0. The molecular weight excluding hydrogens is 280 g/mol. The number of nitrogens with one attached hydrogen (secondary N) is 2. The Morgan fingerprint density at radius 2 is 2.00 bits per heavy atom. The molecule has 5 nitrogen and oxygen atoms in total. The quantitative estimate of drug-likeness (QED) is 0.902. The van der Waals surface area contributed by atoms with Crippen molar-refractivity contribution in [2.24, 2.45) is 0 Å². The van der Waals surface area contributed by atoms with Gasteiger partial charge in [0.2, 0.25) is 0 Å². The monoisotopic (exact) mass is 304 g/mol. The second-order valence-electron chi connectivity index (χ2n) is 6.05. The SMILES string of the molecule is CCc1ccc(NC(=O)N[C@@H]2CCCC3(C2)OCCO3)cc1. The molecule has 1 heterocycles. The van der Waals surface area contributed by atoms with Gasteiger partial charge in [-0.2, -0.15) is 0 Å². The van der Waals surface area contributed by atoms with Crippen LogP contribution in [0.2, 0.25) is 0 Å². The average molecular weight is 304 g/mol. The standard InChI is InChI=1S/C17H24N2O3/c1-2-13-5-7-14(8-6-13)18-16(20)19-15-4-3-9-17(12-15)21-10-11-22-17/h5-8,15H,2-4,9-12H2,1H3,(H2,18,19,20)/t15-/m1/s1. The molecule has 22 heavy (non-hydrogen) atoms. The smallest absolute Gasteiger partial charge is 0.319 e. The lowest BCUT2D eigenvalue weighted by Crippen LogP contribution is -2.47. The number of benzene rings is 1. The van der Waals surface area contributed by atoms with E-state index >= 15 is 0 Å². The van der Waals surface area contributed by atoms with E-state index in [1.165, 1.54) is 5.56 Å². The molecule has 0 unspecified atom stereocenters. The third kappa shape index (κ3) is 3.59. The Bertz CT molecular complexity index is 509. The highest BCUT2D eigenvalue weighted by Gasteiger charge is 2.41. The Morgan fingerprint density at radius 3 is 2.68 bits per heavy atom. The van der Waals surface area contributed by atoms with Crippen LogP contribution in [-0.4, -0.2) is 31.1 Å². The molecule has 1 aromatic carbocycles. The van der Waals surface area contributed by atoms with Crippen molar-refractivity contribution in [1.29, 1.82) is 0 Å². The summed E-state index contributed by atoms with van der Waals surface area (Å²) in [5, 5.41) is 5.92. The van der Waals surface area contributed by atoms with Crippen LogP contribution in [0.15, 0.2) is 24.3 Å². The van der Waals surface area contributed by atoms with Gasteiger partial charge in [0.15, 0.2) is 5.79 Å². The van der Waals surface area contributed by atoms with Crippen LogP contribution < -0.4 is 10.6 Å². The minimum atomic E-state index is -0.459. The Kier molecular flexibility index (Phi) is 4.64. The predicted molar refractivity (Wildman–Crippen MR) is 84.9 cm³/mol. The largest absolute Gasteiger partial charge is 0.347 e. The Morgan fingerprint density at radius 1 is 1.27 bits per heavy atom. The topological polar surface area (TPSA) is 59.6 Å². The number of amides is 2. The van der Waals surface area contributed by atoms with Crippen LogP contribution in [0.4, 0.5) is 10.5 Å². The van der Waals surface area contributed by atoms with Crippen LogP contribution in [0, 0.1) is 0 Å². The molecule has 3 rings (SSSR count). The van der Waals surface area contributed by atoms with Gasteiger partial charge in [-0.05, 0) is 37.0 Å². The summed E-state index contributed by atoms with van der Waals surface area (Å²) in [4.78, 5) is 12.1. The third-order valence-corrected chi connectivity index (χ3v) is 4.44. The molecule has 1 saturated carbocycles. The highest BCUT2D eigenvalue weighted by molar-refractivity contribution is 5.89. The average Bonchev–Trinajstić information content (AvgIpc) is 2.95. The van der Waals surface area contributed by atoms with Gasteiger partial charge in [0.25, 0.3) is 0 Å². The van der Waals surface area contributed by atoms with E-state index in [-0.39, 0.29) is 12.1 Å². The number of hydrogen-bond acceptors (Lipinski definition) is 3. The molecule has 2 fully saturated rings. The van der Waals surface area contributed by atoms with Gasteiger partial charge in [0, 0.05) is 24.6 Å². The van der Waals surface area contributed by atoms with Gasteiger partial charge in [-0.25, -0.2) is 4.79 Å². The van der Waals surface area contributed by atoms with Crippen LogP contribution in [0.25, 0.3) is 0 Å². The van der Waals surface area contributed by atoms with Crippen LogP contribution in [0.3, 0.4) is 0 Å². The van der Waals surface area contributed by atoms with Crippen molar-refractivity contribution in [3.8, 4) is 0 Å². The lowest BCUT2D eigenvalue weighted by molar-refractivity contribution is -0.180. The molecule has 1 atom stereocenters. The molecule has 1 aliphatic heterocycles. The van der Waals surface area contributed by atoms with E-state index in [2.05, 4.69) is 17.6 Å². The molecule has 1 aromatic rings. The molecule has 2 aliphatic rings.